The zero-order chi connectivity index (χ0) is 32.7. The van der Waals surface area contributed by atoms with E-state index in [9.17, 15) is 34.1 Å². The van der Waals surface area contributed by atoms with Gasteiger partial charge in [0.25, 0.3) is 23.2 Å². The number of β-lactam (4-membered cyclic amide) rings is 1. The maximum atomic E-state index is 13.7. The number of fused-ring (bicyclic) bond motifs is 3. The first-order chi connectivity index (χ1) is 21.3. The number of hydrogen-bond acceptors (Lipinski definition) is 14. The van der Waals surface area contributed by atoms with Crippen molar-refractivity contribution >= 4 is 80.9 Å². The number of carbonyl (C=O) groups is 5. The number of non-ortho nitro benzene ring substituents is 1. The summed E-state index contributed by atoms with van der Waals surface area (Å²) in [7, 11) is 1.21. The van der Waals surface area contributed by atoms with Gasteiger partial charge in [-0.15, -0.1) is 34.7 Å². The van der Waals surface area contributed by atoms with Crippen LogP contribution in [0, 0.1) is 21.4 Å². The second kappa shape index (κ2) is 12.2. The number of halogens is 1. The zero-order valence-electron chi connectivity index (χ0n) is 23.8. The second-order valence-electron chi connectivity index (χ2n) is 10.6. The Labute approximate surface area is 267 Å². The topological polar surface area (TPSA) is 209 Å². The highest BCUT2D eigenvalue weighted by Crippen LogP contribution is 2.57. The third-order valence-electron chi connectivity index (χ3n) is 7.56. The summed E-state index contributed by atoms with van der Waals surface area (Å²) in [6.45, 7) is 2.92. The molecule has 3 amide bonds. The van der Waals surface area contributed by atoms with E-state index in [-0.39, 0.29) is 40.5 Å². The number of aromatic nitrogens is 1. The van der Waals surface area contributed by atoms with Crippen molar-refractivity contribution in [3.8, 4) is 0 Å². The van der Waals surface area contributed by atoms with Crippen molar-refractivity contribution in [3.63, 3.8) is 0 Å². The second-order valence-corrected chi connectivity index (χ2v) is 12.9. The van der Waals surface area contributed by atoms with E-state index in [1.807, 2.05) is 0 Å². The van der Waals surface area contributed by atoms with Crippen LogP contribution in [0.1, 0.15) is 25.1 Å². The summed E-state index contributed by atoms with van der Waals surface area (Å²) in [5.74, 6) is -4.58. The molecule has 2 unspecified atom stereocenters. The third kappa shape index (κ3) is 5.57. The average Bonchev–Trinajstić information content (AvgIpc) is 3.55. The van der Waals surface area contributed by atoms with Gasteiger partial charge in [-0.05, 0) is 31.5 Å². The molecule has 4 atom stereocenters. The summed E-state index contributed by atoms with van der Waals surface area (Å²) < 4.78 is 11.2. The van der Waals surface area contributed by atoms with Crippen molar-refractivity contribution in [1.29, 1.82) is 0 Å². The quantitative estimate of drug-likeness (QED) is 0.0916. The number of oxime groups is 1. The van der Waals surface area contributed by atoms with Gasteiger partial charge < -0.3 is 24.9 Å². The monoisotopic (exact) mass is 680 g/mol. The lowest BCUT2D eigenvalue weighted by Gasteiger charge is -2.57. The molecule has 3 saturated heterocycles. The third-order valence-corrected chi connectivity index (χ3v) is 9.91. The van der Waals surface area contributed by atoms with Gasteiger partial charge in [-0.1, -0.05) is 5.16 Å². The van der Waals surface area contributed by atoms with Gasteiger partial charge in [0.15, 0.2) is 10.8 Å². The van der Waals surface area contributed by atoms with Crippen LogP contribution >= 0.6 is 34.7 Å². The Morgan fingerprint density at radius 1 is 1.27 bits per heavy atom. The minimum atomic E-state index is -2.09. The number of hydrogen-bond donors (Lipinski definition) is 2. The molecule has 3 aliphatic heterocycles. The number of rotatable bonds is 10. The molecule has 3 fully saturated rings. The Morgan fingerprint density at radius 3 is 2.62 bits per heavy atom. The minimum absolute atomic E-state index is 0.0574. The van der Waals surface area contributed by atoms with E-state index in [0.717, 1.165) is 16.2 Å². The summed E-state index contributed by atoms with van der Waals surface area (Å²) in [5, 5.41) is 20.5. The lowest BCUT2D eigenvalue weighted by atomic mass is 9.74. The molecular formula is C26H25ClN6O10S2. The fraction of sp³-hybridized carbons (Fsp3) is 0.423. The van der Waals surface area contributed by atoms with Gasteiger partial charge in [-0.2, -0.15) is 0 Å². The Kier molecular flexibility index (Phi) is 8.74. The molecule has 2 N–H and O–H groups in total. The first-order valence-corrected chi connectivity index (χ1v) is 15.6. The summed E-state index contributed by atoms with van der Waals surface area (Å²) in [5.41, 5.74) is -3.18. The predicted molar refractivity (Wildman–Crippen MR) is 159 cm³/mol. The van der Waals surface area contributed by atoms with Crippen molar-refractivity contribution in [3.05, 3.63) is 51.0 Å². The number of thiazole rings is 1. The summed E-state index contributed by atoms with van der Waals surface area (Å²) >= 11 is 7.78. The summed E-state index contributed by atoms with van der Waals surface area (Å²) in [6, 6.07) is 4.21. The van der Waals surface area contributed by atoms with E-state index in [1.54, 1.807) is 13.8 Å². The van der Waals surface area contributed by atoms with Gasteiger partial charge in [0.2, 0.25) is 5.91 Å². The van der Waals surface area contributed by atoms with E-state index in [4.69, 9.17) is 25.9 Å². The molecule has 1 aromatic carbocycles. The van der Waals surface area contributed by atoms with E-state index in [2.05, 4.69) is 20.8 Å². The van der Waals surface area contributed by atoms with Crippen LogP contribution in [0.2, 0.25) is 0 Å². The van der Waals surface area contributed by atoms with Crippen LogP contribution in [0.4, 0.5) is 10.8 Å². The molecule has 0 bridgehead atoms. The molecule has 5 rings (SSSR count). The number of carbonyl (C=O) groups excluding carboxylic acids is 5. The van der Waals surface area contributed by atoms with Crippen molar-refractivity contribution in [1.82, 2.24) is 15.2 Å². The van der Waals surface area contributed by atoms with Crippen LogP contribution in [0.3, 0.4) is 0 Å². The SMILES string of the molecule is CO/N=C(\C(=O)N[C@@H]1C(=O)N2[C@@H]1SCC1C(C)(C)C(=O)OC12C(=O)OCc1ccc([N+](=O)[O-])cc1)c1csc(NC(=O)CCl)n1. The normalized spacial score (nSPS) is 24.8. The van der Waals surface area contributed by atoms with E-state index >= 15 is 0 Å². The lowest BCUT2D eigenvalue weighted by molar-refractivity contribution is -0.384. The number of alkyl halides is 1. The highest BCUT2D eigenvalue weighted by atomic mass is 35.5. The van der Waals surface area contributed by atoms with Crippen LogP contribution in [0.25, 0.3) is 0 Å². The molecule has 0 saturated carbocycles. The molecule has 0 radical (unpaired) electrons. The number of nitro benzene ring substituents is 1. The van der Waals surface area contributed by atoms with Crippen LogP contribution < -0.4 is 10.6 Å². The number of esters is 2. The number of thioether (sulfide) groups is 1. The lowest BCUT2D eigenvalue weighted by Crippen LogP contribution is -2.81. The Balaban J connectivity index is 1.35. The van der Waals surface area contributed by atoms with Crippen LogP contribution in [-0.4, -0.2) is 86.1 Å². The number of ether oxygens (including phenoxy) is 2. The van der Waals surface area contributed by atoms with E-state index in [0.29, 0.717) is 5.56 Å². The van der Waals surface area contributed by atoms with Crippen LogP contribution in [0.5, 0.6) is 0 Å². The highest BCUT2D eigenvalue weighted by molar-refractivity contribution is 8.00. The standard InChI is InChI=1S/C26H25ClN6O10S2/c1-25(2)15-11-44-21-18(30-19(35)17(31-41-3)14-10-45-24(28-14)29-16(34)8-27)20(36)32(21)26(15,43-22(25)37)23(38)42-9-12-4-6-13(7-5-12)33(39)40/h4-7,10,15,18,21H,8-9,11H2,1-3H3,(H,30,35)(H,28,29,34)/b31-17-/t15?,18-,21-,26?/m1/s1. The fourth-order valence-corrected chi connectivity index (χ4v) is 7.77. The Bertz CT molecular complexity index is 1620. The van der Waals surface area contributed by atoms with Crippen molar-refractivity contribution in [2.24, 2.45) is 16.5 Å². The molecule has 4 heterocycles. The molecule has 3 aliphatic rings. The molecule has 0 aliphatic carbocycles. The van der Waals surface area contributed by atoms with Gasteiger partial charge in [0, 0.05) is 23.3 Å². The van der Waals surface area contributed by atoms with Gasteiger partial charge in [-0.3, -0.25) is 34.2 Å². The van der Waals surface area contributed by atoms with Crippen molar-refractivity contribution in [2.75, 3.05) is 24.1 Å². The Morgan fingerprint density at radius 2 is 1.98 bits per heavy atom. The highest BCUT2D eigenvalue weighted by Gasteiger charge is 2.76. The van der Waals surface area contributed by atoms with Gasteiger partial charge in [0.05, 0.1) is 16.3 Å². The van der Waals surface area contributed by atoms with Gasteiger partial charge in [-0.25, -0.2) is 9.78 Å². The number of benzene rings is 1. The number of nitrogens with zero attached hydrogens (tertiary/aromatic N) is 4. The largest absolute Gasteiger partial charge is 0.456 e. The molecular weight excluding hydrogens is 656 g/mol. The van der Waals surface area contributed by atoms with E-state index < -0.39 is 63.1 Å². The zero-order valence-corrected chi connectivity index (χ0v) is 26.2. The van der Waals surface area contributed by atoms with E-state index in [1.165, 1.54) is 48.5 Å². The van der Waals surface area contributed by atoms with Crippen molar-refractivity contribution < 1.29 is 43.2 Å². The first-order valence-electron chi connectivity index (χ1n) is 13.2. The maximum absolute atomic E-state index is 13.7. The molecule has 238 valence electrons. The summed E-state index contributed by atoms with van der Waals surface area (Å²) in [4.78, 5) is 85.8. The molecule has 2 aromatic rings. The molecule has 1 aromatic heterocycles. The smallest absolute Gasteiger partial charge is 0.373 e. The number of nitro groups is 1. The Hall–Kier alpha value is -4.29. The minimum Gasteiger partial charge on any atom is -0.456 e. The molecule has 19 heteroatoms. The number of amides is 3. The first kappa shape index (κ1) is 32.1. The average molecular weight is 681 g/mol. The predicted octanol–water partition coefficient (Wildman–Crippen LogP) is 1.62. The molecule has 16 nitrogen and oxygen atoms in total. The molecule has 45 heavy (non-hydrogen) atoms. The molecule has 0 spiro atoms. The van der Waals surface area contributed by atoms with Crippen molar-refractivity contribution in [2.45, 2.75) is 37.6 Å². The van der Waals surface area contributed by atoms with Gasteiger partial charge in [0.1, 0.15) is 36.7 Å². The van der Waals surface area contributed by atoms with Crippen LogP contribution in [0.15, 0.2) is 34.8 Å². The summed E-state index contributed by atoms with van der Waals surface area (Å²) in [6.07, 6.45) is 0. The van der Waals surface area contributed by atoms with Gasteiger partial charge >= 0.3 is 11.9 Å². The number of anilines is 1. The van der Waals surface area contributed by atoms with Crippen LogP contribution in [-0.2, 0) is 44.9 Å². The fourth-order valence-electron chi connectivity index (χ4n) is 5.18. The maximum Gasteiger partial charge on any atom is 0.373 e. The number of nitrogens with one attached hydrogen (secondary N) is 2.